The van der Waals surface area contributed by atoms with Crippen molar-refractivity contribution < 1.29 is 4.79 Å². The zero-order chi connectivity index (χ0) is 10.2. The Balaban J connectivity index is 2.30. The van der Waals surface area contributed by atoms with E-state index in [1.54, 1.807) is 0 Å². The minimum atomic E-state index is -0.272. The van der Waals surface area contributed by atoms with Gasteiger partial charge in [-0.2, -0.15) is 0 Å². The molecule has 0 aromatic heterocycles. The van der Waals surface area contributed by atoms with Crippen LogP contribution in [0.25, 0.3) is 0 Å². The number of primary amides is 1. The minimum Gasteiger partial charge on any atom is -0.369 e. The van der Waals surface area contributed by atoms with Gasteiger partial charge in [-0.25, -0.2) is 0 Å². The number of benzene rings is 1. The Bertz CT molecular complexity index is 341. The molecule has 1 aromatic rings. The van der Waals surface area contributed by atoms with Crippen molar-refractivity contribution in [2.45, 2.75) is 25.2 Å². The Morgan fingerprint density at radius 3 is 2.29 bits per heavy atom. The normalized spacial score (nSPS) is 18.1. The second-order valence-electron chi connectivity index (χ2n) is 3.94. The number of hydrogen-bond acceptors (Lipinski definition) is 1. The summed E-state index contributed by atoms with van der Waals surface area (Å²) in [5.41, 5.74) is 6.51. The van der Waals surface area contributed by atoms with Gasteiger partial charge in [0.25, 0.3) is 0 Å². The number of nitrogens with two attached hydrogens (primary N) is 1. The number of rotatable bonds is 3. The van der Waals surface area contributed by atoms with Crippen LogP contribution in [0.2, 0.25) is 0 Å². The van der Waals surface area contributed by atoms with Crippen LogP contribution in [0.4, 0.5) is 0 Å². The first-order valence-electron chi connectivity index (χ1n) is 4.86. The highest BCUT2D eigenvalue weighted by atomic mass is 16.1. The fraction of sp³-hybridized carbons (Fsp3) is 0.333. The molecule has 0 saturated heterocycles. The molecule has 0 heterocycles. The van der Waals surface area contributed by atoms with Gasteiger partial charge >= 0.3 is 0 Å². The highest BCUT2D eigenvalue weighted by Gasteiger charge is 2.51. The number of amides is 1. The van der Waals surface area contributed by atoms with Crippen LogP contribution in [0.3, 0.4) is 0 Å². The number of carbonyl (C=O) groups excluding carboxylic acids is 1. The van der Waals surface area contributed by atoms with Crippen LogP contribution in [0.1, 0.15) is 25.3 Å². The van der Waals surface area contributed by atoms with Crippen LogP contribution >= 0.6 is 0 Å². The summed E-state index contributed by atoms with van der Waals surface area (Å²) < 4.78 is 0. The molecule has 1 fully saturated rings. The third-order valence-corrected chi connectivity index (χ3v) is 3.16. The molecule has 73 valence electrons. The molecule has 0 unspecified atom stereocenters. The van der Waals surface area contributed by atoms with Crippen molar-refractivity contribution in [2.24, 2.45) is 5.73 Å². The van der Waals surface area contributed by atoms with E-state index in [1.165, 1.54) is 5.56 Å². The lowest BCUT2D eigenvalue weighted by atomic mass is 9.83. The van der Waals surface area contributed by atoms with Gasteiger partial charge in [-0.1, -0.05) is 30.3 Å². The minimum absolute atomic E-state index is 0.0346. The van der Waals surface area contributed by atoms with Gasteiger partial charge in [0.15, 0.2) is 0 Å². The quantitative estimate of drug-likeness (QED) is 0.772. The summed E-state index contributed by atoms with van der Waals surface area (Å²) in [5.74, 6) is 0.523. The first-order chi connectivity index (χ1) is 6.67. The molecule has 1 saturated carbocycles. The van der Waals surface area contributed by atoms with E-state index in [0.717, 1.165) is 18.8 Å². The molecule has 0 aliphatic heterocycles. The SMILES string of the molecule is C[C](C(N)=O)C1(c2ccccc2)CC1. The number of carbonyl (C=O) groups is 1. The summed E-state index contributed by atoms with van der Waals surface area (Å²) in [4.78, 5) is 11.1. The molecule has 0 bridgehead atoms. The monoisotopic (exact) mass is 188 g/mol. The summed E-state index contributed by atoms with van der Waals surface area (Å²) in [5, 5.41) is 0. The van der Waals surface area contributed by atoms with Crippen LogP contribution in [0.15, 0.2) is 30.3 Å². The Labute approximate surface area is 84.1 Å². The van der Waals surface area contributed by atoms with Crippen LogP contribution in [0.5, 0.6) is 0 Å². The first kappa shape index (κ1) is 9.25. The molecular weight excluding hydrogens is 174 g/mol. The van der Waals surface area contributed by atoms with Gasteiger partial charge in [0.1, 0.15) is 0 Å². The van der Waals surface area contributed by atoms with Crippen LogP contribution in [-0.4, -0.2) is 5.91 Å². The molecule has 2 rings (SSSR count). The second-order valence-corrected chi connectivity index (χ2v) is 3.94. The molecule has 1 aliphatic rings. The molecular formula is C12H14NO. The lowest BCUT2D eigenvalue weighted by molar-refractivity contribution is -0.116. The topological polar surface area (TPSA) is 43.1 Å². The third kappa shape index (κ3) is 1.31. The van der Waals surface area contributed by atoms with E-state index in [9.17, 15) is 4.79 Å². The van der Waals surface area contributed by atoms with Crippen molar-refractivity contribution in [3.63, 3.8) is 0 Å². The van der Waals surface area contributed by atoms with E-state index >= 15 is 0 Å². The lowest BCUT2D eigenvalue weighted by Gasteiger charge is -2.20. The standard InChI is InChI=1S/C12H14NO/c1-9(11(13)14)12(7-8-12)10-5-3-2-4-6-10/h2-6H,7-8H2,1H3,(H2,13,14). The highest BCUT2D eigenvalue weighted by Crippen LogP contribution is 2.54. The predicted molar refractivity (Wildman–Crippen MR) is 55.5 cm³/mol. The Hall–Kier alpha value is -1.31. The molecule has 14 heavy (non-hydrogen) atoms. The molecule has 2 nitrogen and oxygen atoms in total. The average molecular weight is 188 g/mol. The molecule has 1 amide bonds. The van der Waals surface area contributed by atoms with Crippen LogP contribution in [-0.2, 0) is 10.2 Å². The third-order valence-electron chi connectivity index (χ3n) is 3.16. The van der Waals surface area contributed by atoms with Crippen molar-refractivity contribution in [3.05, 3.63) is 41.8 Å². The van der Waals surface area contributed by atoms with E-state index in [4.69, 9.17) is 5.73 Å². The Kier molecular flexibility index (Phi) is 2.06. The molecule has 0 spiro atoms. The molecule has 2 heteroatoms. The van der Waals surface area contributed by atoms with Crippen LogP contribution in [0, 0.1) is 5.92 Å². The fourth-order valence-corrected chi connectivity index (χ4v) is 2.00. The molecule has 1 aromatic carbocycles. The first-order valence-corrected chi connectivity index (χ1v) is 4.86. The van der Waals surface area contributed by atoms with Gasteiger partial charge in [-0.05, 0) is 25.3 Å². The molecule has 0 atom stereocenters. The van der Waals surface area contributed by atoms with Gasteiger partial charge in [0.05, 0.1) is 5.92 Å². The van der Waals surface area contributed by atoms with E-state index in [2.05, 4.69) is 12.1 Å². The van der Waals surface area contributed by atoms with E-state index < -0.39 is 0 Å². The summed E-state index contributed by atoms with van der Waals surface area (Å²) in [7, 11) is 0. The molecule has 1 aliphatic carbocycles. The summed E-state index contributed by atoms with van der Waals surface area (Å²) in [6.45, 7) is 1.85. The fourth-order valence-electron chi connectivity index (χ4n) is 2.00. The van der Waals surface area contributed by atoms with Gasteiger partial charge < -0.3 is 5.73 Å². The molecule has 2 N–H and O–H groups in total. The maximum atomic E-state index is 11.1. The van der Waals surface area contributed by atoms with Crippen molar-refractivity contribution in [2.75, 3.05) is 0 Å². The van der Waals surface area contributed by atoms with Crippen molar-refractivity contribution in [1.29, 1.82) is 0 Å². The van der Waals surface area contributed by atoms with Gasteiger partial charge in [0, 0.05) is 5.41 Å². The maximum Gasteiger partial charge on any atom is 0.225 e. The van der Waals surface area contributed by atoms with Crippen molar-refractivity contribution >= 4 is 5.91 Å². The largest absolute Gasteiger partial charge is 0.369 e. The van der Waals surface area contributed by atoms with Crippen LogP contribution < -0.4 is 5.73 Å². The summed E-state index contributed by atoms with van der Waals surface area (Å²) >= 11 is 0. The van der Waals surface area contributed by atoms with Gasteiger partial charge in [-0.15, -0.1) is 0 Å². The number of hydrogen-bond donors (Lipinski definition) is 1. The Morgan fingerprint density at radius 1 is 1.29 bits per heavy atom. The van der Waals surface area contributed by atoms with E-state index in [1.807, 2.05) is 25.1 Å². The van der Waals surface area contributed by atoms with Crippen molar-refractivity contribution in [3.8, 4) is 0 Å². The van der Waals surface area contributed by atoms with E-state index in [-0.39, 0.29) is 11.3 Å². The van der Waals surface area contributed by atoms with Gasteiger partial charge in [-0.3, -0.25) is 4.79 Å². The lowest BCUT2D eigenvalue weighted by Crippen LogP contribution is -2.29. The smallest absolute Gasteiger partial charge is 0.225 e. The van der Waals surface area contributed by atoms with Gasteiger partial charge in [0.2, 0.25) is 5.91 Å². The summed E-state index contributed by atoms with van der Waals surface area (Å²) in [6, 6.07) is 10.1. The molecule has 1 radical (unpaired) electrons. The maximum absolute atomic E-state index is 11.1. The zero-order valence-electron chi connectivity index (χ0n) is 8.29. The van der Waals surface area contributed by atoms with Crippen molar-refractivity contribution in [1.82, 2.24) is 0 Å². The summed E-state index contributed by atoms with van der Waals surface area (Å²) in [6.07, 6.45) is 2.09. The average Bonchev–Trinajstić information content (AvgIpc) is 2.99. The Morgan fingerprint density at radius 2 is 1.86 bits per heavy atom. The highest BCUT2D eigenvalue weighted by molar-refractivity contribution is 5.91. The predicted octanol–water partition coefficient (Wildman–Crippen LogP) is 1.80. The van der Waals surface area contributed by atoms with E-state index in [0.29, 0.717) is 0 Å². The second kappa shape index (κ2) is 3.12. The zero-order valence-corrected chi connectivity index (χ0v) is 8.29.